The number of aromatic nitrogens is 3. The lowest BCUT2D eigenvalue weighted by molar-refractivity contribution is 0.193. The Hall–Kier alpha value is -2.88. The van der Waals surface area contributed by atoms with Crippen molar-refractivity contribution in [2.75, 3.05) is 18.4 Å². The number of amides is 2. The fourth-order valence-electron chi connectivity index (χ4n) is 3.39. The van der Waals surface area contributed by atoms with Gasteiger partial charge in [0.15, 0.2) is 0 Å². The van der Waals surface area contributed by atoms with Crippen LogP contribution in [0.2, 0.25) is 0 Å². The minimum absolute atomic E-state index is 0.114. The third-order valence-electron chi connectivity index (χ3n) is 4.93. The molecule has 0 bridgehead atoms. The van der Waals surface area contributed by atoms with Crippen LogP contribution in [-0.2, 0) is 0 Å². The summed E-state index contributed by atoms with van der Waals surface area (Å²) in [4.78, 5) is 14.3. The number of urea groups is 1. The molecule has 0 radical (unpaired) electrons. The number of benzene rings is 1. The second-order valence-corrected chi connectivity index (χ2v) is 6.71. The molecule has 0 spiro atoms. The number of nitriles is 1. The normalized spacial score (nSPS) is 18.0. The van der Waals surface area contributed by atoms with Crippen molar-refractivity contribution in [1.29, 1.82) is 5.26 Å². The van der Waals surface area contributed by atoms with E-state index in [0.29, 0.717) is 36.3 Å². The third-order valence-corrected chi connectivity index (χ3v) is 4.93. The number of nitrogens with zero attached hydrogens (tertiary/aromatic N) is 5. The molecule has 2 fully saturated rings. The molecule has 1 aliphatic carbocycles. The van der Waals surface area contributed by atoms with Crippen molar-refractivity contribution in [3.8, 4) is 6.07 Å². The van der Waals surface area contributed by atoms with E-state index in [2.05, 4.69) is 26.2 Å². The summed E-state index contributed by atoms with van der Waals surface area (Å²) in [6.07, 6.45) is 6.07. The Morgan fingerprint density at radius 1 is 1.24 bits per heavy atom. The van der Waals surface area contributed by atoms with Crippen molar-refractivity contribution in [2.24, 2.45) is 0 Å². The number of hydrogen-bond acceptors (Lipinski definition) is 4. The lowest BCUT2D eigenvalue weighted by Crippen LogP contribution is -2.40. The van der Waals surface area contributed by atoms with Crippen LogP contribution in [0.15, 0.2) is 30.6 Å². The topological polar surface area (TPSA) is 86.8 Å². The first-order valence-electron chi connectivity index (χ1n) is 8.70. The first-order valence-corrected chi connectivity index (χ1v) is 8.70. The van der Waals surface area contributed by atoms with E-state index in [1.54, 1.807) is 24.3 Å². The molecular formula is C18H20N6O. The highest BCUT2D eigenvalue weighted by atomic mass is 16.2. The summed E-state index contributed by atoms with van der Waals surface area (Å²) < 4.78 is 2.22. The first-order chi connectivity index (χ1) is 12.2. The second-order valence-electron chi connectivity index (χ2n) is 6.71. The molecule has 2 heterocycles. The number of anilines is 1. The standard InChI is InChI=1S/C18H20N6O/c19-11-13-2-1-3-15(10-13)21-18(25)23-8-6-14(7-9-23)17-22-20-12-24(17)16-4-5-16/h1-3,10,12,14,16H,4-9H2,(H,21,25). The molecule has 1 aromatic carbocycles. The SMILES string of the molecule is N#Cc1cccc(NC(=O)N2CCC(c3nncn3C3CC3)CC2)c1. The molecule has 7 nitrogen and oxygen atoms in total. The number of carbonyl (C=O) groups is 1. The van der Waals surface area contributed by atoms with Crippen molar-refractivity contribution in [3.63, 3.8) is 0 Å². The Labute approximate surface area is 146 Å². The van der Waals surface area contributed by atoms with Crippen LogP contribution in [0.4, 0.5) is 10.5 Å². The smallest absolute Gasteiger partial charge is 0.321 e. The quantitative estimate of drug-likeness (QED) is 0.933. The second kappa shape index (κ2) is 6.55. The van der Waals surface area contributed by atoms with E-state index in [9.17, 15) is 4.79 Å². The predicted molar refractivity (Wildman–Crippen MR) is 92.0 cm³/mol. The molecule has 128 valence electrons. The maximum atomic E-state index is 12.4. The van der Waals surface area contributed by atoms with E-state index < -0.39 is 0 Å². The zero-order chi connectivity index (χ0) is 17.2. The average Bonchev–Trinajstić information content (AvgIpc) is 3.38. The van der Waals surface area contributed by atoms with Crippen LogP contribution in [0.5, 0.6) is 0 Å². The van der Waals surface area contributed by atoms with E-state index in [0.717, 1.165) is 18.7 Å². The van der Waals surface area contributed by atoms with E-state index in [4.69, 9.17) is 5.26 Å². The molecule has 1 saturated carbocycles. The van der Waals surface area contributed by atoms with Gasteiger partial charge in [-0.25, -0.2) is 4.79 Å². The Kier molecular flexibility index (Phi) is 4.10. The number of hydrogen-bond donors (Lipinski definition) is 1. The predicted octanol–water partition coefficient (Wildman–Crippen LogP) is 2.90. The average molecular weight is 336 g/mol. The minimum Gasteiger partial charge on any atom is -0.324 e. The largest absolute Gasteiger partial charge is 0.324 e. The molecule has 1 N–H and O–H groups in total. The fourth-order valence-corrected chi connectivity index (χ4v) is 3.39. The highest BCUT2D eigenvalue weighted by Gasteiger charge is 2.31. The molecule has 0 atom stereocenters. The monoisotopic (exact) mass is 336 g/mol. The van der Waals surface area contributed by atoms with Gasteiger partial charge in [-0.05, 0) is 43.9 Å². The Morgan fingerprint density at radius 3 is 2.76 bits per heavy atom. The van der Waals surface area contributed by atoms with Gasteiger partial charge in [-0.3, -0.25) is 0 Å². The summed E-state index contributed by atoms with van der Waals surface area (Å²) in [5.41, 5.74) is 1.19. The van der Waals surface area contributed by atoms with Crippen LogP contribution in [0.3, 0.4) is 0 Å². The van der Waals surface area contributed by atoms with Crippen LogP contribution in [0.1, 0.15) is 49.0 Å². The van der Waals surface area contributed by atoms with Crippen LogP contribution >= 0.6 is 0 Å². The third kappa shape index (κ3) is 3.33. The molecule has 2 amide bonds. The van der Waals surface area contributed by atoms with E-state index in [-0.39, 0.29) is 6.03 Å². The van der Waals surface area contributed by atoms with Gasteiger partial charge in [0.05, 0.1) is 11.6 Å². The first kappa shape index (κ1) is 15.6. The van der Waals surface area contributed by atoms with Crippen molar-refractivity contribution in [3.05, 3.63) is 42.0 Å². The number of rotatable bonds is 3. The number of carbonyl (C=O) groups excluding carboxylic acids is 1. The zero-order valence-electron chi connectivity index (χ0n) is 13.9. The summed E-state index contributed by atoms with van der Waals surface area (Å²) in [6.45, 7) is 1.40. The number of nitrogens with one attached hydrogen (secondary N) is 1. The maximum Gasteiger partial charge on any atom is 0.321 e. The molecule has 1 aromatic heterocycles. The highest BCUT2D eigenvalue weighted by molar-refractivity contribution is 5.89. The molecule has 2 aromatic rings. The van der Waals surface area contributed by atoms with Gasteiger partial charge in [0.1, 0.15) is 12.2 Å². The Balaban J connectivity index is 1.35. The summed E-state index contributed by atoms with van der Waals surface area (Å²) in [6, 6.07) is 9.52. The van der Waals surface area contributed by atoms with Crippen LogP contribution < -0.4 is 5.32 Å². The van der Waals surface area contributed by atoms with E-state index in [1.165, 1.54) is 12.8 Å². The number of likely N-dealkylation sites (tertiary alicyclic amines) is 1. The molecular weight excluding hydrogens is 316 g/mol. The lowest BCUT2D eigenvalue weighted by Gasteiger charge is -2.31. The van der Waals surface area contributed by atoms with Crippen molar-refractivity contribution in [1.82, 2.24) is 19.7 Å². The fraction of sp³-hybridized carbons (Fsp3) is 0.444. The Morgan fingerprint density at radius 2 is 2.04 bits per heavy atom. The highest BCUT2D eigenvalue weighted by Crippen LogP contribution is 2.38. The van der Waals surface area contributed by atoms with E-state index >= 15 is 0 Å². The van der Waals surface area contributed by atoms with E-state index in [1.807, 2.05) is 11.2 Å². The summed E-state index contributed by atoms with van der Waals surface area (Å²) in [7, 11) is 0. The molecule has 4 rings (SSSR count). The van der Waals surface area contributed by atoms with Gasteiger partial charge in [0.2, 0.25) is 0 Å². The van der Waals surface area contributed by atoms with Gasteiger partial charge in [-0.15, -0.1) is 10.2 Å². The molecule has 2 aliphatic rings. The molecule has 25 heavy (non-hydrogen) atoms. The molecule has 7 heteroatoms. The van der Waals surface area contributed by atoms with Gasteiger partial charge >= 0.3 is 6.03 Å². The van der Waals surface area contributed by atoms with Gasteiger partial charge < -0.3 is 14.8 Å². The van der Waals surface area contributed by atoms with Gasteiger partial charge in [0.25, 0.3) is 0 Å². The van der Waals surface area contributed by atoms with Crippen molar-refractivity contribution >= 4 is 11.7 Å². The number of piperidine rings is 1. The summed E-state index contributed by atoms with van der Waals surface area (Å²) in [5.74, 6) is 1.44. The van der Waals surface area contributed by atoms with Crippen LogP contribution in [-0.4, -0.2) is 38.8 Å². The summed E-state index contributed by atoms with van der Waals surface area (Å²) in [5, 5.41) is 20.2. The summed E-state index contributed by atoms with van der Waals surface area (Å²) >= 11 is 0. The van der Waals surface area contributed by atoms with Gasteiger partial charge in [-0.1, -0.05) is 6.07 Å². The van der Waals surface area contributed by atoms with Crippen LogP contribution in [0, 0.1) is 11.3 Å². The zero-order valence-corrected chi connectivity index (χ0v) is 13.9. The lowest BCUT2D eigenvalue weighted by atomic mass is 9.96. The molecule has 0 unspecified atom stereocenters. The Bertz CT molecular complexity index is 811. The van der Waals surface area contributed by atoms with Crippen molar-refractivity contribution < 1.29 is 4.79 Å². The minimum atomic E-state index is -0.114. The van der Waals surface area contributed by atoms with Crippen molar-refractivity contribution in [2.45, 2.75) is 37.6 Å². The molecule has 1 aliphatic heterocycles. The van der Waals surface area contributed by atoms with Gasteiger partial charge in [0, 0.05) is 30.7 Å². The molecule has 1 saturated heterocycles. The maximum absolute atomic E-state index is 12.4. The van der Waals surface area contributed by atoms with Gasteiger partial charge in [-0.2, -0.15) is 5.26 Å². The van der Waals surface area contributed by atoms with Crippen LogP contribution in [0.25, 0.3) is 0 Å².